The van der Waals surface area contributed by atoms with Crippen molar-refractivity contribution >= 4 is 22.5 Å². The van der Waals surface area contributed by atoms with E-state index in [1.807, 2.05) is 12.1 Å². The average molecular weight is 431 g/mol. The first-order valence-corrected chi connectivity index (χ1v) is 9.98. The number of carbonyl (C=O) groups excluding carboxylic acids is 1. The van der Waals surface area contributed by atoms with Gasteiger partial charge in [-0.1, -0.05) is 18.2 Å². The van der Waals surface area contributed by atoms with Gasteiger partial charge in [-0.2, -0.15) is 5.10 Å². The molecule has 3 aromatic carbocycles. The van der Waals surface area contributed by atoms with Crippen LogP contribution in [-0.4, -0.2) is 22.5 Å². The van der Waals surface area contributed by atoms with Crippen molar-refractivity contribution in [1.82, 2.24) is 9.78 Å². The van der Waals surface area contributed by atoms with Gasteiger partial charge in [-0.25, -0.2) is 4.39 Å². The number of amides is 1. The predicted molar refractivity (Wildman–Crippen MR) is 116 cm³/mol. The first-order valence-electron chi connectivity index (χ1n) is 9.98. The average Bonchev–Trinajstić information content (AvgIpc) is 3.28. The van der Waals surface area contributed by atoms with E-state index in [0.717, 1.165) is 5.56 Å². The Labute approximate surface area is 182 Å². The molecule has 0 radical (unpaired) electrons. The molecule has 7 nitrogen and oxygen atoms in total. The molecule has 160 valence electrons. The summed E-state index contributed by atoms with van der Waals surface area (Å²) < 4.78 is 25.8. The fraction of sp³-hybridized carbons (Fsp3) is 0.125. The maximum Gasteiger partial charge on any atom is 0.249 e. The Morgan fingerprint density at radius 2 is 1.81 bits per heavy atom. The maximum atomic E-state index is 13.5. The molecule has 0 atom stereocenters. The predicted octanol–water partition coefficient (Wildman–Crippen LogP) is 3.50. The van der Waals surface area contributed by atoms with E-state index in [0.29, 0.717) is 28.1 Å². The van der Waals surface area contributed by atoms with Gasteiger partial charge in [0, 0.05) is 11.1 Å². The van der Waals surface area contributed by atoms with Gasteiger partial charge in [0.2, 0.25) is 18.1 Å². The molecule has 0 bridgehead atoms. The van der Waals surface area contributed by atoms with E-state index in [9.17, 15) is 14.0 Å². The minimum Gasteiger partial charge on any atom is -0.454 e. The van der Waals surface area contributed by atoms with Crippen molar-refractivity contribution in [2.24, 2.45) is 0 Å². The first kappa shape index (κ1) is 19.7. The van der Waals surface area contributed by atoms with Crippen molar-refractivity contribution in [3.63, 3.8) is 0 Å². The Morgan fingerprint density at radius 3 is 2.66 bits per heavy atom. The molecule has 1 aromatic heterocycles. The number of fused-ring (bicyclic) bond motifs is 2. The second-order valence-electron chi connectivity index (χ2n) is 7.33. The van der Waals surface area contributed by atoms with Crippen LogP contribution < -0.4 is 19.8 Å². The lowest BCUT2D eigenvalue weighted by Gasteiger charge is -2.24. The second-order valence-corrected chi connectivity index (χ2v) is 7.33. The molecule has 0 spiro atoms. The summed E-state index contributed by atoms with van der Waals surface area (Å²) in [4.78, 5) is 27.1. The van der Waals surface area contributed by atoms with Crippen molar-refractivity contribution in [1.29, 1.82) is 0 Å². The van der Waals surface area contributed by atoms with E-state index in [2.05, 4.69) is 5.10 Å². The first-order chi connectivity index (χ1) is 15.6. The van der Waals surface area contributed by atoms with Crippen molar-refractivity contribution in [3.05, 3.63) is 94.5 Å². The largest absolute Gasteiger partial charge is 0.454 e. The van der Waals surface area contributed by atoms with Crippen LogP contribution in [0.2, 0.25) is 0 Å². The van der Waals surface area contributed by atoms with Crippen molar-refractivity contribution in [2.45, 2.75) is 13.1 Å². The van der Waals surface area contributed by atoms with Crippen molar-refractivity contribution in [3.8, 4) is 11.5 Å². The van der Waals surface area contributed by atoms with Gasteiger partial charge >= 0.3 is 0 Å². The highest BCUT2D eigenvalue weighted by Crippen LogP contribution is 2.33. The molecule has 8 heteroatoms. The standard InChI is InChI=1S/C24H18FN3O4/c25-17-6-8-18(9-7-17)27(13-16-5-10-22-23(11-16)32-15-31-22)24(30)14-28-20-4-2-1-3-19(20)21(29)12-26-28/h1-12H,13-15H2. The van der Waals surface area contributed by atoms with Gasteiger partial charge in [0.25, 0.3) is 0 Å². The number of rotatable bonds is 5. The van der Waals surface area contributed by atoms with Crippen LogP contribution in [-0.2, 0) is 17.9 Å². The van der Waals surface area contributed by atoms with E-state index in [1.165, 1.54) is 23.0 Å². The lowest BCUT2D eigenvalue weighted by atomic mass is 10.1. The number of nitrogens with zero attached hydrogens (tertiary/aromatic N) is 3. The summed E-state index contributed by atoms with van der Waals surface area (Å²) in [6, 6.07) is 18.2. The van der Waals surface area contributed by atoms with Gasteiger partial charge in [-0.05, 0) is 54.1 Å². The molecular weight excluding hydrogens is 413 g/mol. The van der Waals surface area contributed by atoms with Crippen LogP contribution in [0.25, 0.3) is 10.9 Å². The summed E-state index contributed by atoms with van der Waals surface area (Å²) >= 11 is 0. The Balaban J connectivity index is 1.49. The normalized spacial score (nSPS) is 12.2. The third-order valence-electron chi connectivity index (χ3n) is 5.26. The van der Waals surface area contributed by atoms with Crippen LogP contribution >= 0.6 is 0 Å². The van der Waals surface area contributed by atoms with Crippen LogP contribution in [0, 0.1) is 5.82 Å². The summed E-state index contributed by atoms with van der Waals surface area (Å²) in [7, 11) is 0. The van der Waals surface area contributed by atoms with E-state index >= 15 is 0 Å². The van der Waals surface area contributed by atoms with Crippen LogP contribution in [0.4, 0.5) is 10.1 Å². The smallest absolute Gasteiger partial charge is 0.249 e. The number of hydrogen-bond donors (Lipinski definition) is 0. The monoisotopic (exact) mass is 431 g/mol. The number of hydrogen-bond acceptors (Lipinski definition) is 5. The minimum absolute atomic E-state index is 0.0945. The molecule has 4 aromatic rings. The number of halogens is 1. The summed E-state index contributed by atoms with van der Waals surface area (Å²) in [6.45, 7) is 0.298. The molecule has 0 aliphatic carbocycles. The third kappa shape index (κ3) is 3.78. The van der Waals surface area contributed by atoms with Gasteiger partial charge in [0.15, 0.2) is 11.5 Å². The van der Waals surface area contributed by atoms with Crippen LogP contribution in [0.15, 0.2) is 77.7 Å². The molecule has 0 unspecified atom stereocenters. The van der Waals surface area contributed by atoms with Gasteiger partial charge in [-0.3, -0.25) is 14.3 Å². The van der Waals surface area contributed by atoms with E-state index in [1.54, 1.807) is 47.4 Å². The van der Waals surface area contributed by atoms with Crippen LogP contribution in [0.5, 0.6) is 11.5 Å². The minimum atomic E-state index is -0.391. The zero-order valence-corrected chi connectivity index (χ0v) is 16.9. The van der Waals surface area contributed by atoms with Gasteiger partial charge in [0.1, 0.15) is 12.4 Å². The number of ether oxygens (including phenoxy) is 2. The fourth-order valence-electron chi connectivity index (χ4n) is 3.67. The Hall–Kier alpha value is -4.20. The summed E-state index contributed by atoms with van der Waals surface area (Å²) in [5, 5.41) is 4.64. The SMILES string of the molecule is O=C(Cn1ncc(=O)c2ccccc21)N(Cc1ccc2c(c1)OCO2)c1ccc(F)cc1. The highest BCUT2D eigenvalue weighted by Gasteiger charge is 2.20. The molecule has 2 heterocycles. The third-order valence-corrected chi connectivity index (χ3v) is 5.26. The van der Waals surface area contributed by atoms with Gasteiger partial charge < -0.3 is 14.4 Å². The molecule has 5 rings (SSSR count). The highest BCUT2D eigenvalue weighted by molar-refractivity contribution is 5.94. The van der Waals surface area contributed by atoms with E-state index in [-0.39, 0.29) is 31.2 Å². The van der Waals surface area contributed by atoms with E-state index in [4.69, 9.17) is 9.47 Å². The van der Waals surface area contributed by atoms with E-state index < -0.39 is 5.82 Å². The summed E-state index contributed by atoms with van der Waals surface area (Å²) in [5.74, 6) is 0.604. The molecule has 1 aliphatic rings. The quantitative estimate of drug-likeness (QED) is 0.484. The molecule has 32 heavy (non-hydrogen) atoms. The molecular formula is C24H18FN3O4. The molecule has 0 saturated heterocycles. The molecule has 0 N–H and O–H groups in total. The fourth-order valence-corrected chi connectivity index (χ4v) is 3.67. The second kappa shape index (κ2) is 8.14. The molecule has 0 fully saturated rings. The number of para-hydroxylation sites is 1. The molecule has 1 amide bonds. The van der Waals surface area contributed by atoms with Gasteiger partial charge in [-0.15, -0.1) is 0 Å². The van der Waals surface area contributed by atoms with Crippen molar-refractivity contribution < 1.29 is 18.7 Å². The summed E-state index contributed by atoms with van der Waals surface area (Å²) in [6.07, 6.45) is 1.20. The van der Waals surface area contributed by atoms with Gasteiger partial charge in [0.05, 0.1) is 18.3 Å². The number of carbonyl (C=O) groups is 1. The molecule has 0 saturated carbocycles. The molecule has 1 aliphatic heterocycles. The Kier molecular flexibility index (Phi) is 5.03. The topological polar surface area (TPSA) is 73.7 Å². The zero-order chi connectivity index (χ0) is 22.1. The highest BCUT2D eigenvalue weighted by atomic mass is 19.1. The number of aromatic nitrogens is 2. The summed E-state index contributed by atoms with van der Waals surface area (Å²) in [5.41, 5.74) is 1.72. The number of benzene rings is 3. The number of anilines is 1. The van der Waals surface area contributed by atoms with Crippen LogP contribution in [0.3, 0.4) is 0 Å². The maximum absolute atomic E-state index is 13.5. The zero-order valence-electron chi connectivity index (χ0n) is 16.9. The van der Waals surface area contributed by atoms with Crippen LogP contribution in [0.1, 0.15) is 5.56 Å². The lowest BCUT2D eigenvalue weighted by molar-refractivity contribution is -0.119. The Bertz CT molecular complexity index is 1370. The Morgan fingerprint density at radius 1 is 1.03 bits per heavy atom. The lowest BCUT2D eigenvalue weighted by Crippen LogP contribution is -2.34. The van der Waals surface area contributed by atoms with Crippen molar-refractivity contribution in [2.75, 3.05) is 11.7 Å².